The first-order valence-electron chi connectivity index (χ1n) is 10.4. The van der Waals surface area contributed by atoms with Gasteiger partial charge in [0.1, 0.15) is 11.3 Å². The Hall–Kier alpha value is -3.38. The Kier molecular flexibility index (Phi) is 7.26. The van der Waals surface area contributed by atoms with Gasteiger partial charge in [0.2, 0.25) is 0 Å². The molecule has 0 bridgehead atoms. The molecule has 162 valence electrons. The van der Waals surface area contributed by atoms with E-state index in [0.717, 1.165) is 5.56 Å². The van der Waals surface area contributed by atoms with Gasteiger partial charge in [0.05, 0.1) is 12.6 Å². The van der Waals surface area contributed by atoms with Crippen molar-refractivity contribution in [3.63, 3.8) is 0 Å². The second-order valence-corrected chi connectivity index (χ2v) is 7.56. The number of rotatable bonds is 8. The second kappa shape index (κ2) is 10.1. The van der Waals surface area contributed by atoms with Crippen LogP contribution in [0.1, 0.15) is 40.1 Å². The van der Waals surface area contributed by atoms with Crippen molar-refractivity contribution >= 4 is 5.91 Å². The Morgan fingerprint density at radius 2 is 1.84 bits per heavy atom. The van der Waals surface area contributed by atoms with E-state index in [-0.39, 0.29) is 23.4 Å². The summed E-state index contributed by atoms with van der Waals surface area (Å²) >= 11 is 0. The average molecular weight is 421 g/mol. The van der Waals surface area contributed by atoms with Gasteiger partial charge in [-0.15, -0.1) is 0 Å². The maximum Gasteiger partial charge on any atom is 0.263 e. The average Bonchev–Trinajstić information content (AvgIpc) is 2.77. The number of aryl methyl sites for hydroxylation is 3. The zero-order valence-corrected chi connectivity index (χ0v) is 17.9. The van der Waals surface area contributed by atoms with Crippen molar-refractivity contribution in [1.29, 1.82) is 0 Å². The topological polar surface area (TPSA) is 82.8 Å². The van der Waals surface area contributed by atoms with E-state index >= 15 is 0 Å². The molecular formula is C25H28N2O4. The highest BCUT2D eigenvalue weighted by Gasteiger charge is 2.23. The van der Waals surface area contributed by atoms with Crippen LogP contribution in [0.3, 0.4) is 0 Å². The summed E-state index contributed by atoms with van der Waals surface area (Å²) in [5, 5.41) is 20.2. The minimum Gasteiger partial charge on any atom is -0.508 e. The molecular weight excluding hydrogens is 392 g/mol. The zero-order chi connectivity index (χ0) is 22.4. The van der Waals surface area contributed by atoms with Crippen LogP contribution in [-0.4, -0.2) is 38.7 Å². The number of pyridine rings is 1. The molecule has 0 aliphatic rings. The maximum atomic E-state index is 13.2. The molecule has 3 rings (SSSR count). The highest BCUT2D eigenvalue weighted by Crippen LogP contribution is 2.20. The van der Waals surface area contributed by atoms with Crippen LogP contribution in [0.25, 0.3) is 0 Å². The lowest BCUT2D eigenvalue weighted by Gasteiger charge is -2.25. The van der Waals surface area contributed by atoms with Crippen LogP contribution in [0.15, 0.2) is 71.7 Å². The molecule has 0 aliphatic heterocycles. The predicted molar refractivity (Wildman–Crippen MR) is 120 cm³/mol. The van der Waals surface area contributed by atoms with Gasteiger partial charge in [0.25, 0.3) is 11.5 Å². The lowest BCUT2D eigenvalue weighted by molar-refractivity contribution is 0.0631. The fraction of sp³-hybridized carbons (Fsp3) is 0.280. The molecule has 0 saturated heterocycles. The van der Waals surface area contributed by atoms with E-state index in [1.54, 1.807) is 42.8 Å². The Bertz CT molecular complexity index is 1090. The number of phenols is 1. The molecule has 6 nitrogen and oxygen atoms in total. The van der Waals surface area contributed by atoms with Crippen LogP contribution < -0.4 is 5.56 Å². The normalized spacial score (nSPS) is 11.8. The van der Waals surface area contributed by atoms with Gasteiger partial charge in [-0.25, -0.2) is 0 Å². The molecule has 1 aromatic heterocycles. The van der Waals surface area contributed by atoms with Crippen molar-refractivity contribution in [3.8, 4) is 5.75 Å². The summed E-state index contributed by atoms with van der Waals surface area (Å²) in [5.74, 6) is -0.357. The van der Waals surface area contributed by atoms with Crippen molar-refractivity contribution < 1.29 is 15.0 Å². The molecule has 0 aliphatic carbocycles. The number of phenolic OH excluding ortho intramolecular Hbond substituents is 1. The van der Waals surface area contributed by atoms with Gasteiger partial charge in [-0.3, -0.25) is 9.59 Å². The van der Waals surface area contributed by atoms with Gasteiger partial charge in [0, 0.05) is 19.3 Å². The van der Waals surface area contributed by atoms with E-state index in [2.05, 4.69) is 0 Å². The molecule has 6 heteroatoms. The number of likely N-dealkylation sites (N-methyl/N-ethyl adjacent to an activating group) is 1. The molecule has 1 amide bonds. The van der Waals surface area contributed by atoms with Crippen molar-refractivity contribution in [1.82, 2.24) is 9.47 Å². The number of aliphatic hydroxyl groups excluding tert-OH is 1. The van der Waals surface area contributed by atoms with E-state index in [1.807, 2.05) is 30.3 Å². The first-order valence-corrected chi connectivity index (χ1v) is 10.4. The minimum absolute atomic E-state index is 0.0244. The summed E-state index contributed by atoms with van der Waals surface area (Å²) in [6.07, 6.45) is 1.43. The smallest absolute Gasteiger partial charge is 0.263 e. The highest BCUT2D eigenvalue weighted by atomic mass is 16.3. The fourth-order valence-corrected chi connectivity index (χ4v) is 3.56. The van der Waals surface area contributed by atoms with Crippen molar-refractivity contribution in [2.75, 3.05) is 13.1 Å². The van der Waals surface area contributed by atoms with Crippen molar-refractivity contribution in [2.24, 2.45) is 0 Å². The van der Waals surface area contributed by atoms with E-state index < -0.39 is 12.0 Å². The molecule has 0 spiro atoms. The van der Waals surface area contributed by atoms with Crippen LogP contribution in [0.2, 0.25) is 0 Å². The standard InChI is InChI=1S/C25H28N2O4/c1-3-26(17-22(29)20-10-7-11-21(28)16-20)24(30)23-18(2)12-14-27(25(23)31)15-13-19-8-5-4-6-9-19/h4-12,14,16,22,28-29H,3,13,15,17H2,1-2H3. The van der Waals surface area contributed by atoms with E-state index in [4.69, 9.17) is 0 Å². The number of aromatic hydroxyl groups is 1. The zero-order valence-electron chi connectivity index (χ0n) is 17.9. The molecule has 1 unspecified atom stereocenters. The number of carbonyl (C=O) groups excluding carboxylic acids is 1. The Morgan fingerprint density at radius 1 is 1.10 bits per heavy atom. The monoisotopic (exact) mass is 420 g/mol. The van der Waals surface area contributed by atoms with Crippen molar-refractivity contribution in [2.45, 2.75) is 32.9 Å². The first-order chi connectivity index (χ1) is 14.9. The largest absolute Gasteiger partial charge is 0.508 e. The van der Waals surface area contributed by atoms with Crippen LogP contribution in [-0.2, 0) is 13.0 Å². The fourth-order valence-electron chi connectivity index (χ4n) is 3.56. The summed E-state index contributed by atoms with van der Waals surface area (Å²) in [6, 6.07) is 18.0. The number of amides is 1. The summed E-state index contributed by atoms with van der Waals surface area (Å²) in [4.78, 5) is 27.8. The highest BCUT2D eigenvalue weighted by molar-refractivity contribution is 5.95. The van der Waals surface area contributed by atoms with E-state index in [1.165, 1.54) is 17.0 Å². The van der Waals surface area contributed by atoms with Gasteiger partial charge < -0.3 is 19.7 Å². The second-order valence-electron chi connectivity index (χ2n) is 7.56. The number of aromatic nitrogens is 1. The summed E-state index contributed by atoms with van der Waals surface area (Å²) in [7, 11) is 0. The predicted octanol–water partition coefficient (Wildman–Crippen LogP) is 3.30. The van der Waals surface area contributed by atoms with Crippen LogP contribution in [0.5, 0.6) is 5.75 Å². The Morgan fingerprint density at radius 3 is 2.52 bits per heavy atom. The number of hydrogen-bond acceptors (Lipinski definition) is 4. The lowest BCUT2D eigenvalue weighted by Crippen LogP contribution is -2.39. The number of benzene rings is 2. The summed E-state index contributed by atoms with van der Waals surface area (Å²) < 4.78 is 1.56. The molecule has 1 heterocycles. The third kappa shape index (κ3) is 5.41. The molecule has 0 radical (unpaired) electrons. The number of hydrogen-bond donors (Lipinski definition) is 2. The van der Waals surface area contributed by atoms with Crippen molar-refractivity contribution in [3.05, 3.63) is 99.5 Å². The summed E-state index contributed by atoms with van der Waals surface area (Å²) in [5.41, 5.74) is 2.03. The Labute approximate surface area is 182 Å². The Balaban J connectivity index is 1.80. The van der Waals surface area contributed by atoms with Crippen LogP contribution in [0.4, 0.5) is 0 Å². The van der Waals surface area contributed by atoms with Gasteiger partial charge in [-0.05, 0) is 55.2 Å². The molecule has 2 N–H and O–H groups in total. The van der Waals surface area contributed by atoms with Crippen LogP contribution in [0, 0.1) is 6.92 Å². The van der Waals surface area contributed by atoms with E-state index in [0.29, 0.717) is 30.6 Å². The molecule has 1 atom stereocenters. The third-order valence-electron chi connectivity index (χ3n) is 5.39. The summed E-state index contributed by atoms with van der Waals surface area (Å²) in [6.45, 7) is 4.39. The molecule has 2 aromatic carbocycles. The number of aliphatic hydroxyl groups is 1. The quantitative estimate of drug-likeness (QED) is 0.586. The number of nitrogens with zero attached hydrogens (tertiary/aromatic N) is 2. The van der Waals surface area contributed by atoms with E-state index in [9.17, 15) is 19.8 Å². The van der Waals surface area contributed by atoms with Gasteiger partial charge in [-0.2, -0.15) is 0 Å². The first kappa shape index (κ1) is 22.3. The number of carbonyl (C=O) groups is 1. The van der Waals surface area contributed by atoms with Gasteiger partial charge in [0.15, 0.2) is 0 Å². The minimum atomic E-state index is -0.972. The SMILES string of the molecule is CCN(CC(O)c1cccc(O)c1)C(=O)c1c(C)ccn(CCc2ccccc2)c1=O. The third-order valence-corrected chi connectivity index (χ3v) is 5.39. The molecule has 3 aromatic rings. The maximum absolute atomic E-state index is 13.2. The molecule has 0 fully saturated rings. The van der Waals surface area contributed by atoms with Gasteiger partial charge >= 0.3 is 0 Å². The van der Waals surface area contributed by atoms with Gasteiger partial charge in [-0.1, -0.05) is 42.5 Å². The lowest BCUT2D eigenvalue weighted by atomic mass is 10.1. The molecule has 31 heavy (non-hydrogen) atoms. The van der Waals surface area contributed by atoms with Crippen LogP contribution >= 0.6 is 0 Å². The molecule has 0 saturated carbocycles.